The maximum atomic E-state index is 13.1. The Labute approximate surface area is 160 Å². The van der Waals surface area contributed by atoms with Gasteiger partial charge in [0.2, 0.25) is 11.8 Å². The predicted octanol–water partition coefficient (Wildman–Crippen LogP) is 2.49. The second-order valence-corrected chi connectivity index (χ2v) is 7.23. The normalized spacial score (nSPS) is 19.4. The van der Waals surface area contributed by atoms with E-state index in [1.165, 1.54) is 11.8 Å². The smallest absolute Gasteiger partial charge is 0.243 e. The second-order valence-electron chi connectivity index (χ2n) is 7.23. The van der Waals surface area contributed by atoms with E-state index >= 15 is 0 Å². The SMILES string of the molecule is CC(=O)N1C[C@H](O)C[C@@H]1C(=O)NC(c1ccccc1C)c1ccccc1C. The lowest BCUT2D eigenvalue weighted by molar-refractivity contribution is -0.137. The highest BCUT2D eigenvalue weighted by molar-refractivity contribution is 5.88. The lowest BCUT2D eigenvalue weighted by atomic mass is 9.92. The van der Waals surface area contributed by atoms with Crippen LogP contribution in [0, 0.1) is 13.8 Å². The van der Waals surface area contributed by atoms with Gasteiger partial charge in [-0.15, -0.1) is 0 Å². The van der Waals surface area contributed by atoms with E-state index in [1.807, 2.05) is 62.4 Å². The van der Waals surface area contributed by atoms with Crippen molar-refractivity contribution in [3.8, 4) is 0 Å². The van der Waals surface area contributed by atoms with Crippen LogP contribution in [0.3, 0.4) is 0 Å². The zero-order chi connectivity index (χ0) is 19.6. The highest BCUT2D eigenvalue weighted by atomic mass is 16.3. The van der Waals surface area contributed by atoms with Crippen LogP contribution >= 0.6 is 0 Å². The number of nitrogens with one attached hydrogen (secondary N) is 1. The summed E-state index contributed by atoms with van der Waals surface area (Å²) >= 11 is 0. The largest absolute Gasteiger partial charge is 0.391 e. The number of β-amino-alcohol motifs (C(OH)–C–C–N with tert-alkyl or cyclic N) is 1. The molecule has 142 valence electrons. The van der Waals surface area contributed by atoms with E-state index in [2.05, 4.69) is 5.32 Å². The van der Waals surface area contributed by atoms with Gasteiger partial charge in [-0.05, 0) is 36.1 Å². The summed E-state index contributed by atoms with van der Waals surface area (Å²) in [5.74, 6) is -0.437. The van der Waals surface area contributed by atoms with Crippen molar-refractivity contribution in [2.75, 3.05) is 6.54 Å². The number of carbonyl (C=O) groups excluding carboxylic acids is 2. The van der Waals surface area contributed by atoms with Crippen LogP contribution in [0.5, 0.6) is 0 Å². The first-order valence-electron chi connectivity index (χ1n) is 9.25. The second kappa shape index (κ2) is 7.92. The molecule has 1 saturated heterocycles. The fourth-order valence-electron chi connectivity index (χ4n) is 3.79. The molecule has 0 bridgehead atoms. The molecule has 2 N–H and O–H groups in total. The van der Waals surface area contributed by atoms with Gasteiger partial charge in [-0.3, -0.25) is 9.59 Å². The predicted molar refractivity (Wildman–Crippen MR) is 104 cm³/mol. The quantitative estimate of drug-likeness (QED) is 0.873. The van der Waals surface area contributed by atoms with Crippen LogP contribution in [0.4, 0.5) is 0 Å². The number of aliphatic hydroxyl groups is 1. The average molecular weight is 366 g/mol. The van der Waals surface area contributed by atoms with Crippen LogP contribution in [0.25, 0.3) is 0 Å². The molecule has 2 aromatic rings. The molecule has 0 aliphatic carbocycles. The summed E-state index contributed by atoms with van der Waals surface area (Å²) in [7, 11) is 0. The zero-order valence-electron chi connectivity index (χ0n) is 16.0. The molecule has 0 unspecified atom stereocenters. The molecule has 0 radical (unpaired) electrons. The molecule has 2 atom stereocenters. The number of carbonyl (C=O) groups is 2. The zero-order valence-corrected chi connectivity index (χ0v) is 16.0. The molecule has 3 rings (SSSR count). The topological polar surface area (TPSA) is 69.6 Å². The Kier molecular flexibility index (Phi) is 5.61. The summed E-state index contributed by atoms with van der Waals surface area (Å²) in [6.07, 6.45) is -0.403. The summed E-state index contributed by atoms with van der Waals surface area (Å²) in [5.41, 5.74) is 4.21. The van der Waals surface area contributed by atoms with Gasteiger partial charge in [-0.25, -0.2) is 0 Å². The first kappa shape index (κ1) is 19.1. The Hall–Kier alpha value is -2.66. The maximum Gasteiger partial charge on any atom is 0.243 e. The van der Waals surface area contributed by atoms with E-state index in [0.29, 0.717) is 0 Å². The van der Waals surface area contributed by atoms with E-state index in [1.54, 1.807) is 0 Å². The van der Waals surface area contributed by atoms with Crippen molar-refractivity contribution in [3.05, 3.63) is 70.8 Å². The molecule has 27 heavy (non-hydrogen) atoms. The van der Waals surface area contributed by atoms with Crippen LogP contribution in [0.1, 0.15) is 41.6 Å². The monoisotopic (exact) mass is 366 g/mol. The molecule has 1 aliphatic heterocycles. The highest BCUT2D eigenvalue weighted by Crippen LogP contribution is 2.28. The summed E-state index contributed by atoms with van der Waals surface area (Å²) in [5, 5.41) is 13.1. The van der Waals surface area contributed by atoms with Crippen molar-refractivity contribution in [2.24, 2.45) is 0 Å². The molecule has 5 heteroatoms. The molecular formula is C22H26N2O3. The van der Waals surface area contributed by atoms with E-state index in [4.69, 9.17) is 0 Å². The van der Waals surface area contributed by atoms with Crippen LogP contribution in [-0.2, 0) is 9.59 Å². The van der Waals surface area contributed by atoms with Crippen molar-refractivity contribution in [3.63, 3.8) is 0 Å². The molecule has 2 aromatic carbocycles. The van der Waals surface area contributed by atoms with Crippen molar-refractivity contribution >= 4 is 11.8 Å². The summed E-state index contributed by atoms with van der Waals surface area (Å²) in [6, 6.07) is 15.0. The molecule has 1 heterocycles. The van der Waals surface area contributed by atoms with Gasteiger partial charge < -0.3 is 15.3 Å². The lowest BCUT2D eigenvalue weighted by Gasteiger charge is -2.27. The van der Waals surface area contributed by atoms with Gasteiger partial charge in [0.15, 0.2) is 0 Å². The highest BCUT2D eigenvalue weighted by Gasteiger charge is 2.38. The molecule has 1 aliphatic rings. The van der Waals surface area contributed by atoms with Crippen molar-refractivity contribution < 1.29 is 14.7 Å². The number of amides is 2. The van der Waals surface area contributed by atoms with Crippen LogP contribution in [0.15, 0.2) is 48.5 Å². The lowest BCUT2D eigenvalue weighted by Crippen LogP contribution is -2.46. The molecule has 1 fully saturated rings. The Morgan fingerprint density at radius 2 is 1.56 bits per heavy atom. The average Bonchev–Trinajstić information content (AvgIpc) is 3.03. The van der Waals surface area contributed by atoms with E-state index in [9.17, 15) is 14.7 Å². The fourth-order valence-corrected chi connectivity index (χ4v) is 3.79. The van der Waals surface area contributed by atoms with Gasteiger partial charge in [0, 0.05) is 19.9 Å². The van der Waals surface area contributed by atoms with E-state index < -0.39 is 12.1 Å². The van der Waals surface area contributed by atoms with Crippen molar-refractivity contribution in [1.29, 1.82) is 0 Å². The number of rotatable bonds is 4. The molecule has 0 aromatic heterocycles. The molecule has 5 nitrogen and oxygen atoms in total. The van der Waals surface area contributed by atoms with E-state index in [0.717, 1.165) is 22.3 Å². The Morgan fingerprint density at radius 1 is 1.04 bits per heavy atom. The summed E-state index contributed by atoms with van der Waals surface area (Å²) in [4.78, 5) is 26.4. The molecule has 2 amide bonds. The molecule has 0 saturated carbocycles. The minimum atomic E-state index is -0.667. The van der Waals surface area contributed by atoms with Gasteiger partial charge in [0.05, 0.1) is 12.1 Å². The van der Waals surface area contributed by atoms with Crippen LogP contribution < -0.4 is 5.32 Å². The third-order valence-corrected chi connectivity index (χ3v) is 5.27. The third kappa shape index (κ3) is 4.03. The van der Waals surface area contributed by atoms with Gasteiger partial charge in [0.25, 0.3) is 0 Å². The van der Waals surface area contributed by atoms with Crippen LogP contribution in [0.2, 0.25) is 0 Å². The van der Waals surface area contributed by atoms with Crippen LogP contribution in [-0.4, -0.2) is 40.5 Å². The molecular weight excluding hydrogens is 340 g/mol. The number of benzene rings is 2. The van der Waals surface area contributed by atoms with Crippen molar-refractivity contribution in [2.45, 2.75) is 45.4 Å². The van der Waals surface area contributed by atoms with E-state index in [-0.39, 0.29) is 30.8 Å². The third-order valence-electron chi connectivity index (χ3n) is 5.27. The van der Waals surface area contributed by atoms with Crippen molar-refractivity contribution in [1.82, 2.24) is 10.2 Å². The summed E-state index contributed by atoms with van der Waals surface area (Å²) < 4.78 is 0. The number of likely N-dealkylation sites (tertiary alicyclic amines) is 1. The van der Waals surface area contributed by atoms with Gasteiger partial charge in [0.1, 0.15) is 6.04 Å². The molecule has 0 spiro atoms. The Bertz CT molecular complexity index is 803. The number of aryl methyl sites for hydroxylation is 2. The minimum Gasteiger partial charge on any atom is -0.391 e. The minimum absolute atomic E-state index is 0.199. The maximum absolute atomic E-state index is 13.1. The Morgan fingerprint density at radius 3 is 2.04 bits per heavy atom. The Balaban J connectivity index is 1.95. The first-order valence-corrected chi connectivity index (χ1v) is 9.25. The van der Waals surface area contributed by atoms with Gasteiger partial charge in [-0.2, -0.15) is 0 Å². The standard InChI is InChI=1S/C22H26N2O3/c1-14-8-4-6-10-18(14)21(19-11-7-5-9-15(19)2)23-22(27)20-12-17(26)13-24(20)16(3)25/h4-11,17,20-21,26H,12-13H2,1-3H3,(H,23,27)/t17-,20-/m1/s1. The number of aliphatic hydroxyl groups excluding tert-OH is 1. The first-order chi connectivity index (χ1) is 12.9. The van der Waals surface area contributed by atoms with Gasteiger partial charge in [-0.1, -0.05) is 48.5 Å². The number of hydrogen-bond donors (Lipinski definition) is 2. The summed E-state index contributed by atoms with van der Waals surface area (Å²) in [6.45, 7) is 5.67. The van der Waals surface area contributed by atoms with Gasteiger partial charge >= 0.3 is 0 Å². The fraction of sp³-hybridized carbons (Fsp3) is 0.364. The number of hydrogen-bond acceptors (Lipinski definition) is 3. The number of nitrogens with zero attached hydrogens (tertiary/aromatic N) is 1.